The van der Waals surface area contributed by atoms with Gasteiger partial charge in [-0.2, -0.15) is 0 Å². The van der Waals surface area contributed by atoms with Crippen molar-refractivity contribution in [2.24, 2.45) is 0 Å². The van der Waals surface area contributed by atoms with Crippen molar-refractivity contribution in [3.05, 3.63) is 42.5 Å². The van der Waals surface area contributed by atoms with Crippen molar-refractivity contribution in [1.29, 1.82) is 0 Å². The molecule has 5 N–H and O–H groups in total. The number of aromatic nitrogens is 2. The second-order valence-electron chi connectivity index (χ2n) is 7.64. The van der Waals surface area contributed by atoms with Crippen molar-refractivity contribution >= 4 is 57.1 Å². The van der Waals surface area contributed by atoms with Crippen molar-refractivity contribution in [2.45, 2.75) is 37.8 Å². The molecule has 29 heavy (non-hydrogen) atoms. The molecule has 2 fully saturated rings. The summed E-state index contributed by atoms with van der Waals surface area (Å²) in [5, 5.41) is 14.4. The number of hydrogen-bond acceptors (Lipinski definition) is 3. The molecule has 2 aliphatic carbocycles. The van der Waals surface area contributed by atoms with Gasteiger partial charge in [0.15, 0.2) is 10.2 Å². The van der Waals surface area contributed by atoms with Gasteiger partial charge in [0.2, 0.25) is 0 Å². The van der Waals surface area contributed by atoms with E-state index in [9.17, 15) is 0 Å². The van der Waals surface area contributed by atoms with Gasteiger partial charge in [0.1, 0.15) is 5.82 Å². The van der Waals surface area contributed by atoms with Gasteiger partial charge in [-0.15, -0.1) is 0 Å². The fourth-order valence-corrected chi connectivity index (χ4v) is 3.67. The minimum atomic E-state index is 0.536. The van der Waals surface area contributed by atoms with Crippen LogP contribution in [-0.4, -0.2) is 32.3 Å². The Kier molecular flexibility index (Phi) is 4.81. The van der Waals surface area contributed by atoms with Crippen LogP contribution >= 0.6 is 24.4 Å². The van der Waals surface area contributed by atoms with Gasteiger partial charge >= 0.3 is 0 Å². The van der Waals surface area contributed by atoms with Crippen molar-refractivity contribution in [3.63, 3.8) is 0 Å². The molecule has 0 aliphatic heterocycles. The summed E-state index contributed by atoms with van der Waals surface area (Å²) in [5.74, 6) is 0.834. The lowest BCUT2D eigenvalue weighted by Gasteiger charge is -2.09. The molecule has 0 amide bonds. The average molecular weight is 423 g/mol. The number of nitrogens with one attached hydrogen (secondary N) is 5. The third kappa shape index (κ3) is 4.65. The van der Waals surface area contributed by atoms with Crippen molar-refractivity contribution < 1.29 is 0 Å². The Morgan fingerprint density at radius 2 is 1.41 bits per heavy atom. The Labute approximate surface area is 179 Å². The Morgan fingerprint density at radius 1 is 0.828 bits per heavy atom. The maximum atomic E-state index is 5.36. The van der Waals surface area contributed by atoms with Gasteiger partial charge in [-0.1, -0.05) is 0 Å². The zero-order valence-corrected chi connectivity index (χ0v) is 17.4. The van der Waals surface area contributed by atoms with Crippen LogP contribution in [-0.2, 0) is 0 Å². The molecule has 2 saturated carbocycles. The topological polar surface area (TPSA) is 76.8 Å². The molecule has 0 spiro atoms. The van der Waals surface area contributed by atoms with Gasteiger partial charge < -0.3 is 26.3 Å². The van der Waals surface area contributed by atoms with Crippen molar-refractivity contribution in [2.75, 3.05) is 10.6 Å². The lowest BCUT2D eigenvalue weighted by molar-refractivity contribution is 0.919. The summed E-state index contributed by atoms with van der Waals surface area (Å²) in [6.45, 7) is 0. The SMILES string of the molecule is S=C(Nc1ccc(-c2nc3ccc(NC(=S)NC4CC4)cc3[nH]2)cc1)NC1CC1. The highest BCUT2D eigenvalue weighted by molar-refractivity contribution is 7.80. The fraction of sp³-hybridized carbons (Fsp3) is 0.286. The first kappa shape index (κ1) is 18.3. The maximum Gasteiger partial charge on any atom is 0.170 e. The number of benzene rings is 2. The molecule has 148 valence electrons. The summed E-state index contributed by atoms with van der Waals surface area (Å²) < 4.78 is 0. The Balaban J connectivity index is 1.27. The van der Waals surface area contributed by atoms with E-state index >= 15 is 0 Å². The number of anilines is 2. The van der Waals surface area contributed by atoms with Gasteiger partial charge in [0.05, 0.1) is 11.0 Å². The van der Waals surface area contributed by atoms with Gasteiger partial charge in [-0.05, 0) is 92.6 Å². The van der Waals surface area contributed by atoms with E-state index in [2.05, 4.69) is 26.3 Å². The second-order valence-corrected chi connectivity index (χ2v) is 8.46. The van der Waals surface area contributed by atoms with Crippen LogP contribution in [0.3, 0.4) is 0 Å². The van der Waals surface area contributed by atoms with Gasteiger partial charge in [-0.3, -0.25) is 0 Å². The van der Waals surface area contributed by atoms with E-state index in [-0.39, 0.29) is 0 Å². The van der Waals surface area contributed by atoms with Gasteiger partial charge in [-0.25, -0.2) is 4.98 Å². The monoisotopic (exact) mass is 422 g/mol. The molecule has 0 unspecified atom stereocenters. The third-order valence-electron chi connectivity index (χ3n) is 4.98. The lowest BCUT2D eigenvalue weighted by Crippen LogP contribution is -2.30. The summed E-state index contributed by atoms with van der Waals surface area (Å²) in [6, 6.07) is 15.2. The molecule has 3 aromatic rings. The first-order valence-electron chi connectivity index (χ1n) is 9.88. The van der Waals surface area contributed by atoms with Crippen LogP contribution in [0.5, 0.6) is 0 Å². The highest BCUT2D eigenvalue weighted by Gasteiger charge is 2.22. The minimum Gasteiger partial charge on any atom is -0.360 e. The number of aromatic amines is 1. The molecule has 1 heterocycles. The van der Waals surface area contributed by atoms with Crippen LogP contribution in [0.1, 0.15) is 25.7 Å². The average Bonchev–Trinajstić information content (AvgIpc) is 3.62. The third-order valence-corrected chi connectivity index (χ3v) is 5.42. The van der Waals surface area contributed by atoms with Crippen LogP contribution in [0.4, 0.5) is 11.4 Å². The number of nitrogens with zero attached hydrogens (tertiary/aromatic N) is 1. The molecule has 2 aromatic carbocycles. The van der Waals surface area contributed by atoms with E-state index in [1.165, 1.54) is 25.7 Å². The Morgan fingerprint density at radius 3 is 2.03 bits per heavy atom. The number of hydrogen-bond donors (Lipinski definition) is 5. The van der Waals surface area contributed by atoms with E-state index < -0.39 is 0 Å². The molecular weight excluding hydrogens is 400 g/mol. The molecule has 1 aromatic heterocycles. The van der Waals surface area contributed by atoms with Crippen molar-refractivity contribution in [1.82, 2.24) is 20.6 Å². The fourth-order valence-electron chi connectivity index (χ4n) is 3.10. The lowest BCUT2D eigenvalue weighted by atomic mass is 10.2. The molecule has 6 nitrogen and oxygen atoms in total. The van der Waals surface area contributed by atoms with E-state index in [0.717, 1.165) is 33.8 Å². The predicted octanol–water partition coefficient (Wildman–Crippen LogP) is 4.13. The molecule has 0 saturated heterocycles. The Hall–Kier alpha value is -2.71. The zero-order chi connectivity index (χ0) is 19.8. The molecular formula is C21H22N6S2. The van der Waals surface area contributed by atoms with E-state index in [1.54, 1.807) is 0 Å². The summed E-state index contributed by atoms with van der Waals surface area (Å²) in [6.07, 6.45) is 4.80. The van der Waals surface area contributed by atoms with E-state index in [4.69, 9.17) is 29.4 Å². The predicted molar refractivity (Wildman–Crippen MR) is 126 cm³/mol. The first-order chi connectivity index (χ1) is 14.1. The van der Waals surface area contributed by atoms with Crippen LogP contribution in [0.15, 0.2) is 42.5 Å². The van der Waals surface area contributed by atoms with Gasteiger partial charge in [0, 0.05) is 29.0 Å². The summed E-state index contributed by atoms with van der Waals surface area (Å²) in [4.78, 5) is 8.11. The van der Waals surface area contributed by atoms with Crippen LogP contribution in [0, 0.1) is 0 Å². The molecule has 2 aliphatic rings. The summed E-state index contributed by atoms with van der Waals surface area (Å²) in [7, 11) is 0. The largest absolute Gasteiger partial charge is 0.360 e. The zero-order valence-electron chi connectivity index (χ0n) is 15.8. The molecule has 8 heteroatoms. The smallest absolute Gasteiger partial charge is 0.170 e. The normalized spacial score (nSPS) is 15.7. The quantitative estimate of drug-likeness (QED) is 0.396. The maximum absolute atomic E-state index is 5.36. The number of imidazole rings is 1. The number of fused-ring (bicyclic) bond motifs is 1. The standard InChI is InChI=1S/C21H22N6S2/c28-20(23-14-5-6-14)22-13-3-1-12(2-4-13)19-26-17-10-9-16(11-18(17)27-19)25-21(29)24-15-7-8-15/h1-4,9-11,14-15H,5-8H2,(H,26,27)(H2,22,23,28)(H2,24,25,29). The number of H-pyrrole nitrogens is 1. The molecule has 0 radical (unpaired) electrons. The number of thiocarbonyl (C=S) groups is 2. The second kappa shape index (κ2) is 7.61. The van der Waals surface area contributed by atoms with Gasteiger partial charge in [0.25, 0.3) is 0 Å². The highest BCUT2D eigenvalue weighted by atomic mass is 32.1. The highest BCUT2D eigenvalue weighted by Crippen LogP contribution is 2.25. The summed E-state index contributed by atoms with van der Waals surface area (Å²) in [5.41, 5.74) is 4.82. The van der Waals surface area contributed by atoms with Crippen LogP contribution in [0.2, 0.25) is 0 Å². The molecule has 5 rings (SSSR count). The van der Waals surface area contributed by atoms with Crippen LogP contribution in [0.25, 0.3) is 22.4 Å². The Bertz CT molecular complexity index is 1070. The van der Waals surface area contributed by atoms with E-state index in [0.29, 0.717) is 22.3 Å². The van der Waals surface area contributed by atoms with Crippen molar-refractivity contribution in [3.8, 4) is 11.4 Å². The molecule has 0 atom stereocenters. The minimum absolute atomic E-state index is 0.536. The number of rotatable bonds is 5. The first-order valence-corrected chi connectivity index (χ1v) is 10.7. The molecule has 0 bridgehead atoms. The van der Waals surface area contributed by atoms with E-state index in [1.807, 2.05) is 42.5 Å². The van der Waals surface area contributed by atoms with Crippen LogP contribution < -0.4 is 21.3 Å². The summed E-state index contributed by atoms with van der Waals surface area (Å²) >= 11 is 10.7.